The van der Waals surface area contributed by atoms with Gasteiger partial charge in [0.25, 0.3) is 11.8 Å². The zero-order valence-electron chi connectivity index (χ0n) is 32.2. The SMILES string of the molecule is O=C(c1cc(F)ccc1-c1ccn[nH]1)N1C2CCC1C(COc1ccc(F)cn1)C2.O=C(c1cc(F)ccc1-c1ccn[nH]1)N1C2CCC1C(COc1ccc(F)cn1)C2. The Balaban J connectivity index is 0.000000154. The molecule has 0 spiro atoms. The molecule has 12 nitrogen and oxygen atoms in total. The van der Waals surface area contributed by atoms with Crippen LogP contribution in [0.25, 0.3) is 22.5 Å². The average molecular weight is 821 g/mol. The number of ether oxygens (including phenoxy) is 2. The molecule has 4 bridgehead atoms. The molecule has 0 radical (unpaired) electrons. The first kappa shape index (κ1) is 38.9. The number of hydrogen-bond acceptors (Lipinski definition) is 8. The molecular formula is C44H40F4N8O4. The van der Waals surface area contributed by atoms with Gasteiger partial charge < -0.3 is 19.3 Å². The Morgan fingerprint density at radius 1 is 0.583 bits per heavy atom. The minimum Gasteiger partial charge on any atom is -0.477 e. The van der Waals surface area contributed by atoms with E-state index in [1.54, 1.807) is 36.7 Å². The van der Waals surface area contributed by atoms with Crippen molar-refractivity contribution >= 4 is 11.8 Å². The first-order valence-corrected chi connectivity index (χ1v) is 19.9. The van der Waals surface area contributed by atoms with Gasteiger partial charge in [-0.15, -0.1) is 0 Å². The zero-order valence-corrected chi connectivity index (χ0v) is 32.2. The van der Waals surface area contributed by atoms with Crippen molar-refractivity contribution < 1.29 is 36.6 Å². The summed E-state index contributed by atoms with van der Waals surface area (Å²) in [6, 6.07) is 17.9. The van der Waals surface area contributed by atoms with E-state index in [-0.39, 0.29) is 47.8 Å². The number of halogens is 4. The largest absolute Gasteiger partial charge is 0.477 e. The number of hydrogen-bond donors (Lipinski definition) is 2. The predicted molar refractivity (Wildman–Crippen MR) is 210 cm³/mol. The highest BCUT2D eigenvalue weighted by Crippen LogP contribution is 2.45. The number of rotatable bonds is 10. The molecule has 10 rings (SSSR count). The number of nitrogens with one attached hydrogen (secondary N) is 2. The number of H-pyrrole nitrogens is 2. The Morgan fingerprint density at radius 3 is 1.40 bits per heavy atom. The van der Waals surface area contributed by atoms with Gasteiger partial charge in [0.2, 0.25) is 11.8 Å². The lowest BCUT2D eigenvalue weighted by atomic mass is 9.90. The summed E-state index contributed by atoms with van der Waals surface area (Å²) in [5.74, 6) is -1.03. The molecule has 4 aromatic heterocycles. The first-order valence-electron chi connectivity index (χ1n) is 19.9. The van der Waals surface area contributed by atoms with Crippen LogP contribution in [0.1, 0.15) is 59.2 Å². The van der Waals surface area contributed by atoms with Crippen LogP contribution in [0.4, 0.5) is 17.6 Å². The Hall–Kier alpha value is -6.58. The van der Waals surface area contributed by atoms with Gasteiger partial charge in [0.05, 0.1) is 48.1 Å². The molecule has 6 unspecified atom stereocenters. The Kier molecular flexibility index (Phi) is 10.8. The lowest BCUT2D eigenvalue weighted by Gasteiger charge is -2.25. The van der Waals surface area contributed by atoms with E-state index in [4.69, 9.17) is 9.47 Å². The van der Waals surface area contributed by atoms with Crippen LogP contribution in [0, 0.1) is 35.1 Å². The third-order valence-corrected chi connectivity index (χ3v) is 12.1. The van der Waals surface area contributed by atoms with E-state index in [0.29, 0.717) is 58.6 Å². The smallest absolute Gasteiger partial charge is 0.255 e. The van der Waals surface area contributed by atoms with Crippen LogP contribution in [-0.4, -0.2) is 89.4 Å². The van der Waals surface area contributed by atoms with Crippen LogP contribution in [0.15, 0.2) is 97.6 Å². The summed E-state index contributed by atoms with van der Waals surface area (Å²) in [4.78, 5) is 38.6. The Labute approximate surface area is 342 Å². The molecule has 60 heavy (non-hydrogen) atoms. The van der Waals surface area contributed by atoms with Crippen molar-refractivity contribution in [1.29, 1.82) is 0 Å². The summed E-state index contributed by atoms with van der Waals surface area (Å²) in [6.07, 6.45) is 10.7. The van der Waals surface area contributed by atoms with Gasteiger partial charge in [-0.25, -0.2) is 27.5 Å². The summed E-state index contributed by atoms with van der Waals surface area (Å²) in [7, 11) is 0. The number of amides is 2. The van der Waals surface area contributed by atoms with Crippen molar-refractivity contribution in [2.45, 2.75) is 62.7 Å². The fraction of sp³-hybridized carbons (Fsp3) is 0.318. The molecule has 4 saturated heterocycles. The maximum Gasteiger partial charge on any atom is 0.255 e. The minimum atomic E-state index is -0.449. The van der Waals surface area contributed by atoms with E-state index in [0.717, 1.165) is 50.9 Å². The second-order valence-electron chi connectivity index (χ2n) is 15.6. The molecule has 4 fully saturated rings. The average Bonchev–Trinajstić information content (AvgIpc) is 4.14. The summed E-state index contributed by atoms with van der Waals surface area (Å²) < 4.78 is 65.5. The van der Waals surface area contributed by atoms with Crippen LogP contribution in [-0.2, 0) is 0 Å². The van der Waals surface area contributed by atoms with Crippen molar-refractivity contribution in [1.82, 2.24) is 40.2 Å². The third-order valence-electron chi connectivity index (χ3n) is 12.1. The van der Waals surface area contributed by atoms with E-state index in [2.05, 4.69) is 30.4 Å². The highest BCUT2D eigenvalue weighted by Gasteiger charge is 2.50. The van der Waals surface area contributed by atoms with E-state index in [9.17, 15) is 27.2 Å². The predicted octanol–water partition coefficient (Wildman–Crippen LogP) is 7.64. The lowest BCUT2D eigenvalue weighted by molar-refractivity contribution is 0.0701. The monoisotopic (exact) mass is 820 g/mol. The third kappa shape index (κ3) is 7.80. The van der Waals surface area contributed by atoms with Crippen molar-refractivity contribution in [2.24, 2.45) is 11.8 Å². The maximum absolute atomic E-state index is 14.0. The molecule has 4 aliphatic rings. The zero-order chi connectivity index (χ0) is 41.3. The van der Waals surface area contributed by atoms with Crippen molar-refractivity contribution in [3.05, 3.63) is 132 Å². The minimum absolute atomic E-state index is 0.0285. The van der Waals surface area contributed by atoms with E-state index < -0.39 is 23.3 Å². The quantitative estimate of drug-likeness (QED) is 0.134. The molecule has 308 valence electrons. The fourth-order valence-electron chi connectivity index (χ4n) is 9.44. The molecule has 6 atom stereocenters. The first-order chi connectivity index (χ1) is 29.2. The standard InChI is InChI=1S/2C22H20F2N4O2/c2*23-14-1-4-17(19-7-8-26-27-19)18(10-14)22(29)28-16-3-5-20(28)13(9-16)12-30-21-6-2-15(24)11-25-21/h2*1-2,4,6-8,10-11,13,16,20H,3,5,9,12H2,(H,26,27). The topological polar surface area (TPSA) is 142 Å². The second-order valence-corrected chi connectivity index (χ2v) is 15.6. The van der Waals surface area contributed by atoms with E-state index >= 15 is 0 Å². The van der Waals surface area contributed by atoms with E-state index in [1.807, 2.05) is 9.80 Å². The number of carbonyl (C=O) groups is 2. The molecule has 8 heterocycles. The maximum atomic E-state index is 14.0. The fourth-order valence-corrected chi connectivity index (χ4v) is 9.44. The van der Waals surface area contributed by atoms with E-state index in [1.165, 1.54) is 48.5 Å². The number of nitrogens with zero attached hydrogens (tertiary/aromatic N) is 6. The van der Waals surface area contributed by atoms with Gasteiger partial charge in [0, 0.05) is 71.7 Å². The molecule has 0 aliphatic carbocycles. The van der Waals surface area contributed by atoms with Crippen LogP contribution in [0.5, 0.6) is 11.8 Å². The van der Waals surface area contributed by atoms with Gasteiger partial charge >= 0.3 is 0 Å². The van der Waals surface area contributed by atoms with Crippen LogP contribution in [0.2, 0.25) is 0 Å². The van der Waals surface area contributed by atoms with Gasteiger partial charge in [0.1, 0.15) is 23.3 Å². The lowest BCUT2D eigenvalue weighted by Crippen LogP contribution is -2.37. The van der Waals surface area contributed by atoms with Crippen molar-refractivity contribution in [2.75, 3.05) is 13.2 Å². The van der Waals surface area contributed by atoms with Gasteiger partial charge in [-0.2, -0.15) is 10.2 Å². The normalized spacial score (nSPS) is 22.5. The summed E-state index contributed by atoms with van der Waals surface area (Å²) in [5, 5.41) is 13.6. The van der Waals surface area contributed by atoms with Gasteiger partial charge in [-0.3, -0.25) is 19.8 Å². The number of pyridine rings is 2. The van der Waals surface area contributed by atoms with Crippen LogP contribution >= 0.6 is 0 Å². The molecule has 2 N–H and O–H groups in total. The number of benzene rings is 2. The molecular weight excluding hydrogens is 781 g/mol. The molecule has 2 aromatic carbocycles. The number of carbonyl (C=O) groups excluding carboxylic acids is 2. The summed E-state index contributed by atoms with van der Waals surface area (Å²) in [6.45, 7) is 0.806. The Bertz CT molecular complexity index is 2280. The van der Waals surface area contributed by atoms with Crippen LogP contribution < -0.4 is 9.47 Å². The van der Waals surface area contributed by atoms with Crippen molar-refractivity contribution in [3.8, 4) is 34.3 Å². The summed E-state index contributed by atoms with van der Waals surface area (Å²) in [5.41, 5.74) is 3.28. The highest BCUT2D eigenvalue weighted by atomic mass is 19.1. The number of aromatic amines is 2. The number of aromatic nitrogens is 6. The highest BCUT2D eigenvalue weighted by molar-refractivity contribution is 6.02. The molecule has 16 heteroatoms. The van der Waals surface area contributed by atoms with Gasteiger partial charge in [-0.1, -0.05) is 0 Å². The molecule has 0 saturated carbocycles. The van der Waals surface area contributed by atoms with Gasteiger partial charge in [0.15, 0.2) is 0 Å². The Morgan fingerprint density at radius 2 is 1.02 bits per heavy atom. The summed E-state index contributed by atoms with van der Waals surface area (Å²) >= 11 is 0. The second kappa shape index (κ2) is 16.6. The molecule has 6 aromatic rings. The number of fused-ring (bicyclic) bond motifs is 4. The van der Waals surface area contributed by atoms with Crippen LogP contribution in [0.3, 0.4) is 0 Å². The molecule has 4 aliphatic heterocycles. The van der Waals surface area contributed by atoms with Crippen molar-refractivity contribution in [3.63, 3.8) is 0 Å². The van der Waals surface area contributed by atoms with Gasteiger partial charge in [-0.05, 0) is 99.2 Å². The molecule has 2 amide bonds.